The summed E-state index contributed by atoms with van der Waals surface area (Å²) in [7, 11) is 0. The Bertz CT molecular complexity index is 445. The first-order chi connectivity index (χ1) is 9.52. The number of amides is 1. The van der Waals surface area contributed by atoms with Gasteiger partial charge in [0.25, 0.3) is 0 Å². The minimum atomic E-state index is -1.06. The van der Waals surface area contributed by atoms with Crippen LogP contribution in [-0.2, 0) is 11.3 Å². The van der Waals surface area contributed by atoms with E-state index in [9.17, 15) is 9.59 Å². The Kier molecular flexibility index (Phi) is 6.66. The average molecular weight is 279 g/mol. The molecule has 0 saturated heterocycles. The molecule has 1 atom stereocenters. The Morgan fingerprint density at radius 3 is 2.70 bits per heavy atom. The van der Waals surface area contributed by atoms with Crippen molar-refractivity contribution in [1.82, 2.24) is 10.3 Å². The van der Waals surface area contributed by atoms with Gasteiger partial charge in [0.15, 0.2) is 0 Å². The first kappa shape index (κ1) is 16.1. The maximum Gasteiger partial charge on any atom is 0.354 e. The van der Waals surface area contributed by atoms with Gasteiger partial charge in [-0.05, 0) is 36.9 Å². The molecule has 0 saturated carbocycles. The van der Waals surface area contributed by atoms with Crippen LogP contribution in [0, 0.1) is 5.92 Å². The van der Waals surface area contributed by atoms with Crippen LogP contribution in [0.2, 0.25) is 0 Å². The largest absolute Gasteiger partial charge is 0.477 e. The molecule has 1 rings (SSSR count). The van der Waals surface area contributed by atoms with E-state index in [1.165, 1.54) is 12.3 Å². The highest BCUT2D eigenvalue weighted by molar-refractivity contribution is 5.85. The van der Waals surface area contributed by atoms with Crippen molar-refractivity contribution in [2.75, 3.05) is 6.54 Å². The highest BCUT2D eigenvalue weighted by atomic mass is 16.4. The Labute approximate surface area is 118 Å². The van der Waals surface area contributed by atoms with Gasteiger partial charge >= 0.3 is 5.97 Å². The van der Waals surface area contributed by atoms with Gasteiger partial charge in [-0.25, -0.2) is 9.78 Å². The smallest absolute Gasteiger partial charge is 0.354 e. The quantitative estimate of drug-likeness (QED) is 0.662. The van der Waals surface area contributed by atoms with Gasteiger partial charge < -0.3 is 16.2 Å². The molecule has 0 spiro atoms. The van der Waals surface area contributed by atoms with Crippen molar-refractivity contribution in [2.24, 2.45) is 11.7 Å². The topological polar surface area (TPSA) is 105 Å². The van der Waals surface area contributed by atoms with Crippen LogP contribution >= 0.6 is 0 Å². The summed E-state index contributed by atoms with van der Waals surface area (Å²) in [4.78, 5) is 26.1. The second kappa shape index (κ2) is 8.27. The lowest BCUT2D eigenvalue weighted by Gasteiger charge is -2.10. The molecule has 0 aromatic carbocycles. The zero-order valence-electron chi connectivity index (χ0n) is 11.6. The van der Waals surface area contributed by atoms with E-state index in [0.29, 0.717) is 25.4 Å². The minimum Gasteiger partial charge on any atom is -0.477 e. The molecule has 1 amide bonds. The summed E-state index contributed by atoms with van der Waals surface area (Å²) in [6.45, 7) is 3.08. The molecular formula is C14H21N3O3. The van der Waals surface area contributed by atoms with Crippen molar-refractivity contribution < 1.29 is 14.7 Å². The SMILES string of the molecule is CC(CCN)CCC(=O)NCc1ccc(C(=O)O)nc1. The Morgan fingerprint density at radius 1 is 1.40 bits per heavy atom. The van der Waals surface area contributed by atoms with E-state index in [4.69, 9.17) is 10.8 Å². The summed E-state index contributed by atoms with van der Waals surface area (Å²) in [6.07, 6.45) is 3.68. The van der Waals surface area contributed by atoms with Gasteiger partial charge in [-0.1, -0.05) is 13.0 Å². The van der Waals surface area contributed by atoms with Crippen molar-refractivity contribution >= 4 is 11.9 Å². The molecule has 1 aromatic heterocycles. The molecule has 1 aromatic rings. The highest BCUT2D eigenvalue weighted by Gasteiger charge is 2.07. The normalized spacial score (nSPS) is 11.9. The molecule has 20 heavy (non-hydrogen) atoms. The predicted octanol–water partition coefficient (Wildman–Crippen LogP) is 1.16. The van der Waals surface area contributed by atoms with Crippen molar-refractivity contribution in [3.63, 3.8) is 0 Å². The lowest BCUT2D eigenvalue weighted by Crippen LogP contribution is -2.23. The molecule has 6 heteroatoms. The molecule has 0 aliphatic heterocycles. The Morgan fingerprint density at radius 2 is 2.15 bits per heavy atom. The summed E-state index contributed by atoms with van der Waals surface area (Å²) >= 11 is 0. The number of aromatic carboxylic acids is 1. The number of hydrogen-bond acceptors (Lipinski definition) is 4. The standard InChI is InChI=1S/C14H21N3O3/c1-10(6-7-15)2-5-13(18)17-9-11-3-4-12(14(19)20)16-8-11/h3-4,8,10H,2,5-7,9,15H2,1H3,(H,17,18)(H,19,20). The second-order valence-electron chi connectivity index (χ2n) is 4.85. The van der Waals surface area contributed by atoms with Crippen LogP contribution in [0.15, 0.2) is 18.3 Å². The van der Waals surface area contributed by atoms with Crippen LogP contribution in [0.25, 0.3) is 0 Å². The van der Waals surface area contributed by atoms with E-state index in [0.717, 1.165) is 18.4 Å². The zero-order valence-corrected chi connectivity index (χ0v) is 11.6. The van der Waals surface area contributed by atoms with Crippen molar-refractivity contribution in [1.29, 1.82) is 0 Å². The van der Waals surface area contributed by atoms with Crippen LogP contribution < -0.4 is 11.1 Å². The van der Waals surface area contributed by atoms with Crippen LogP contribution in [0.3, 0.4) is 0 Å². The monoisotopic (exact) mass is 279 g/mol. The third-order valence-electron chi connectivity index (χ3n) is 3.06. The van der Waals surface area contributed by atoms with E-state index in [1.54, 1.807) is 6.07 Å². The number of aromatic nitrogens is 1. The van der Waals surface area contributed by atoms with E-state index in [-0.39, 0.29) is 11.6 Å². The number of nitrogens with one attached hydrogen (secondary N) is 1. The number of hydrogen-bond donors (Lipinski definition) is 3. The lowest BCUT2D eigenvalue weighted by atomic mass is 10.0. The average Bonchev–Trinajstić information content (AvgIpc) is 2.43. The van der Waals surface area contributed by atoms with Crippen LogP contribution in [0.1, 0.15) is 42.2 Å². The summed E-state index contributed by atoms with van der Waals surface area (Å²) in [5.41, 5.74) is 6.23. The number of nitrogens with two attached hydrogens (primary N) is 1. The fourth-order valence-corrected chi connectivity index (χ4v) is 1.75. The van der Waals surface area contributed by atoms with Gasteiger partial charge in [-0.15, -0.1) is 0 Å². The van der Waals surface area contributed by atoms with Gasteiger partial charge in [0.05, 0.1) is 0 Å². The molecule has 1 heterocycles. The minimum absolute atomic E-state index is 0.00399. The maximum atomic E-state index is 11.6. The van der Waals surface area contributed by atoms with E-state index < -0.39 is 5.97 Å². The summed E-state index contributed by atoms with van der Waals surface area (Å²) in [5.74, 6) is -0.632. The van der Waals surface area contributed by atoms with E-state index >= 15 is 0 Å². The molecule has 0 bridgehead atoms. The molecule has 4 N–H and O–H groups in total. The molecule has 1 unspecified atom stereocenters. The number of carbonyl (C=O) groups is 2. The number of carboxylic acids is 1. The number of rotatable bonds is 8. The molecule has 110 valence electrons. The third kappa shape index (κ3) is 5.79. The van der Waals surface area contributed by atoms with Crippen molar-refractivity contribution in [3.8, 4) is 0 Å². The highest BCUT2D eigenvalue weighted by Crippen LogP contribution is 2.09. The second-order valence-corrected chi connectivity index (χ2v) is 4.85. The molecule has 0 fully saturated rings. The molecular weight excluding hydrogens is 258 g/mol. The van der Waals surface area contributed by atoms with Crippen LogP contribution in [0.5, 0.6) is 0 Å². The van der Waals surface area contributed by atoms with E-state index in [2.05, 4.69) is 17.2 Å². The third-order valence-corrected chi connectivity index (χ3v) is 3.06. The number of nitrogens with zero attached hydrogens (tertiary/aromatic N) is 1. The fourth-order valence-electron chi connectivity index (χ4n) is 1.75. The molecule has 0 aliphatic rings. The lowest BCUT2D eigenvalue weighted by molar-refractivity contribution is -0.121. The summed E-state index contributed by atoms with van der Waals surface area (Å²) in [6, 6.07) is 3.07. The first-order valence-corrected chi connectivity index (χ1v) is 6.68. The van der Waals surface area contributed by atoms with Gasteiger partial charge in [-0.2, -0.15) is 0 Å². The predicted molar refractivity (Wildman–Crippen MR) is 75.1 cm³/mol. The first-order valence-electron chi connectivity index (χ1n) is 6.68. The summed E-state index contributed by atoms with van der Waals surface area (Å²) in [5, 5.41) is 11.5. The summed E-state index contributed by atoms with van der Waals surface area (Å²) < 4.78 is 0. The zero-order chi connectivity index (χ0) is 15.0. The van der Waals surface area contributed by atoms with Gasteiger partial charge in [0.1, 0.15) is 5.69 Å². The molecule has 6 nitrogen and oxygen atoms in total. The maximum absolute atomic E-state index is 11.6. The van der Waals surface area contributed by atoms with Gasteiger partial charge in [0, 0.05) is 19.2 Å². The fraction of sp³-hybridized carbons (Fsp3) is 0.500. The molecule has 0 radical (unpaired) electrons. The van der Waals surface area contributed by atoms with Crippen LogP contribution in [-0.4, -0.2) is 28.5 Å². The number of carboxylic acid groups (broad SMARTS) is 1. The number of pyridine rings is 1. The molecule has 0 aliphatic carbocycles. The Hall–Kier alpha value is -1.95. The van der Waals surface area contributed by atoms with Gasteiger partial charge in [0.2, 0.25) is 5.91 Å². The van der Waals surface area contributed by atoms with Gasteiger partial charge in [-0.3, -0.25) is 4.79 Å². The number of carbonyl (C=O) groups excluding carboxylic acids is 1. The van der Waals surface area contributed by atoms with Crippen molar-refractivity contribution in [3.05, 3.63) is 29.6 Å². The van der Waals surface area contributed by atoms with Crippen LogP contribution in [0.4, 0.5) is 0 Å². The Balaban J connectivity index is 2.32. The van der Waals surface area contributed by atoms with Crippen molar-refractivity contribution in [2.45, 2.75) is 32.7 Å². The van der Waals surface area contributed by atoms with E-state index in [1.807, 2.05) is 0 Å².